The van der Waals surface area contributed by atoms with Crippen molar-refractivity contribution in [3.63, 3.8) is 0 Å². The predicted octanol–water partition coefficient (Wildman–Crippen LogP) is 3.72. The first-order chi connectivity index (χ1) is 12.5. The Hall–Kier alpha value is -2.50. The Morgan fingerprint density at radius 3 is 2.69 bits per heavy atom. The molecule has 0 saturated carbocycles. The van der Waals surface area contributed by atoms with Gasteiger partial charge in [-0.05, 0) is 30.5 Å². The normalized spacial score (nSPS) is 17.0. The molecule has 1 aromatic carbocycles. The van der Waals surface area contributed by atoms with Crippen LogP contribution in [0.25, 0.3) is 0 Å². The van der Waals surface area contributed by atoms with Crippen molar-refractivity contribution < 1.29 is 18.8 Å². The number of carbonyl (C=O) groups is 1. The molecule has 140 valence electrons. The van der Waals surface area contributed by atoms with Gasteiger partial charge in [0.15, 0.2) is 11.5 Å². The highest BCUT2D eigenvalue weighted by Crippen LogP contribution is 2.34. The van der Waals surface area contributed by atoms with E-state index in [-0.39, 0.29) is 17.9 Å². The van der Waals surface area contributed by atoms with E-state index < -0.39 is 0 Å². The fraction of sp³-hybridized carbons (Fsp3) is 0.500. The van der Waals surface area contributed by atoms with Crippen LogP contribution in [-0.4, -0.2) is 36.7 Å². The van der Waals surface area contributed by atoms with Crippen LogP contribution in [-0.2, 0) is 11.2 Å². The van der Waals surface area contributed by atoms with Crippen molar-refractivity contribution in [2.24, 2.45) is 0 Å². The van der Waals surface area contributed by atoms with Crippen LogP contribution in [0.3, 0.4) is 0 Å². The highest BCUT2D eigenvalue weighted by atomic mass is 16.5. The molecule has 2 aromatic rings. The summed E-state index contributed by atoms with van der Waals surface area (Å²) in [6, 6.07) is 7.57. The van der Waals surface area contributed by atoms with E-state index in [0.29, 0.717) is 17.9 Å². The number of hydrogen-bond acceptors (Lipinski definition) is 5. The van der Waals surface area contributed by atoms with Crippen LogP contribution in [0.2, 0.25) is 0 Å². The molecule has 0 bridgehead atoms. The monoisotopic (exact) mass is 358 g/mol. The van der Waals surface area contributed by atoms with E-state index in [1.807, 2.05) is 29.2 Å². The van der Waals surface area contributed by atoms with Crippen molar-refractivity contribution in [2.45, 2.75) is 45.1 Å². The number of benzene rings is 1. The maximum Gasteiger partial charge on any atom is 0.227 e. The Balaban J connectivity index is 1.74. The molecule has 1 aliphatic heterocycles. The van der Waals surface area contributed by atoms with E-state index in [1.165, 1.54) is 0 Å². The van der Waals surface area contributed by atoms with Gasteiger partial charge in [-0.25, -0.2) is 0 Å². The molecule has 1 aliphatic rings. The lowest BCUT2D eigenvalue weighted by Crippen LogP contribution is -2.32. The number of carbonyl (C=O) groups excluding carboxylic acids is 1. The van der Waals surface area contributed by atoms with Crippen LogP contribution in [0, 0.1) is 0 Å². The van der Waals surface area contributed by atoms with E-state index in [4.69, 9.17) is 14.0 Å². The van der Waals surface area contributed by atoms with Gasteiger partial charge in [-0.1, -0.05) is 25.1 Å². The Bertz CT molecular complexity index is 769. The van der Waals surface area contributed by atoms with Gasteiger partial charge >= 0.3 is 0 Å². The number of likely N-dealkylation sites (tertiary alicyclic amines) is 1. The Morgan fingerprint density at radius 1 is 1.27 bits per heavy atom. The molecule has 0 radical (unpaired) electrons. The molecule has 1 amide bonds. The fourth-order valence-electron chi connectivity index (χ4n) is 3.37. The second kappa shape index (κ2) is 7.81. The third kappa shape index (κ3) is 3.69. The summed E-state index contributed by atoms with van der Waals surface area (Å²) in [6.07, 6.45) is 2.22. The van der Waals surface area contributed by atoms with E-state index in [1.54, 1.807) is 14.2 Å². The number of methoxy groups -OCH3 is 2. The lowest BCUT2D eigenvalue weighted by Gasteiger charge is -2.23. The van der Waals surface area contributed by atoms with Gasteiger partial charge in [-0.2, -0.15) is 0 Å². The summed E-state index contributed by atoms with van der Waals surface area (Å²) in [6.45, 7) is 4.89. The molecular formula is C20H26N2O4. The first-order valence-electron chi connectivity index (χ1n) is 9.00. The second-order valence-corrected chi connectivity index (χ2v) is 6.92. The molecule has 3 rings (SSSR count). The maximum atomic E-state index is 12.9. The summed E-state index contributed by atoms with van der Waals surface area (Å²) in [4.78, 5) is 14.8. The molecule has 26 heavy (non-hydrogen) atoms. The Kier molecular flexibility index (Phi) is 5.49. The molecule has 2 heterocycles. The number of rotatable bonds is 6. The zero-order valence-electron chi connectivity index (χ0n) is 15.8. The van der Waals surface area contributed by atoms with Gasteiger partial charge in [-0.3, -0.25) is 4.79 Å². The lowest BCUT2D eigenvalue weighted by atomic mass is 10.1. The van der Waals surface area contributed by atoms with Crippen LogP contribution < -0.4 is 9.47 Å². The Labute approximate surface area is 154 Å². The minimum atomic E-state index is -0.00102. The van der Waals surface area contributed by atoms with Crippen molar-refractivity contribution in [2.75, 3.05) is 20.8 Å². The topological polar surface area (TPSA) is 64.8 Å². The van der Waals surface area contributed by atoms with Crippen molar-refractivity contribution in [1.82, 2.24) is 10.1 Å². The van der Waals surface area contributed by atoms with Crippen LogP contribution >= 0.6 is 0 Å². The standard InChI is InChI=1S/C20H26N2O4/c1-13(2)18-12-15(21-26-18)16-6-5-9-22(16)20(23)11-14-7-8-17(24-3)19(10-14)25-4/h7-8,10,12-13,16H,5-6,9,11H2,1-4H3/t16-/m0/s1. The summed E-state index contributed by atoms with van der Waals surface area (Å²) in [5, 5.41) is 4.20. The van der Waals surface area contributed by atoms with Gasteiger partial charge in [0.2, 0.25) is 5.91 Å². The van der Waals surface area contributed by atoms with Crippen LogP contribution in [0.1, 0.15) is 55.7 Å². The molecule has 6 heteroatoms. The molecule has 6 nitrogen and oxygen atoms in total. The van der Waals surface area contributed by atoms with Crippen molar-refractivity contribution in [1.29, 1.82) is 0 Å². The quantitative estimate of drug-likeness (QED) is 0.787. The summed E-state index contributed by atoms with van der Waals surface area (Å²) in [7, 11) is 3.19. The van der Waals surface area contributed by atoms with Crippen molar-refractivity contribution in [3.8, 4) is 11.5 Å². The van der Waals surface area contributed by atoms with Gasteiger partial charge < -0.3 is 18.9 Å². The molecule has 0 unspecified atom stereocenters. The lowest BCUT2D eigenvalue weighted by molar-refractivity contribution is -0.131. The SMILES string of the molecule is COc1ccc(CC(=O)N2CCC[C@H]2c2cc(C(C)C)on2)cc1OC. The second-order valence-electron chi connectivity index (χ2n) is 6.92. The summed E-state index contributed by atoms with van der Waals surface area (Å²) < 4.78 is 16.0. The molecule has 0 spiro atoms. The van der Waals surface area contributed by atoms with Gasteiger partial charge in [0, 0.05) is 18.5 Å². The summed E-state index contributed by atoms with van der Waals surface area (Å²) in [5.41, 5.74) is 1.76. The van der Waals surface area contributed by atoms with Gasteiger partial charge in [-0.15, -0.1) is 0 Å². The molecule has 1 aromatic heterocycles. The van der Waals surface area contributed by atoms with Gasteiger partial charge in [0.1, 0.15) is 11.5 Å². The zero-order chi connectivity index (χ0) is 18.7. The number of amides is 1. The van der Waals surface area contributed by atoms with Gasteiger partial charge in [0.25, 0.3) is 0 Å². The number of aromatic nitrogens is 1. The first kappa shape index (κ1) is 18.3. The third-order valence-corrected chi connectivity index (χ3v) is 4.83. The maximum absolute atomic E-state index is 12.9. The number of nitrogens with zero attached hydrogens (tertiary/aromatic N) is 2. The minimum Gasteiger partial charge on any atom is -0.493 e. The predicted molar refractivity (Wildman–Crippen MR) is 97.5 cm³/mol. The number of hydrogen-bond donors (Lipinski definition) is 0. The van der Waals surface area contributed by atoms with E-state index in [2.05, 4.69) is 19.0 Å². The van der Waals surface area contributed by atoms with E-state index in [0.717, 1.165) is 36.4 Å². The fourth-order valence-corrected chi connectivity index (χ4v) is 3.37. The molecule has 1 saturated heterocycles. The van der Waals surface area contributed by atoms with Crippen molar-refractivity contribution in [3.05, 3.63) is 41.3 Å². The van der Waals surface area contributed by atoms with Gasteiger partial charge in [0.05, 0.1) is 26.7 Å². The number of ether oxygens (including phenoxy) is 2. The highest BCUT2D eigenvalue weighted by Gasteiger charge is 2.32. The third-order valence-electron chi connectivity index (χ3n) is 4.83. The van der Waals surface area contributed by atoms with Crippen LogP contribution in [0.4, 0.5) is 0 Å². The molecular weight excluding hydrogens is 332 g/mol. The van der Waals surface area contributed by atoms with Crippen LogP contribution in [0.15, 0.2) is 28.8 Å². The summed E-state index contributed by atoms with van der Waals surface area (Å²) in [5.74, 6) is 2.53. The Morgan fingerprint density at radius 2 is 2.04 bits per heavy atom. The van der Waals surface area contributed by atoms with E-state index in [9.17, 15) is 4.79 Å². The van der Waals surface area contributed by atoms with Crippen LogP contribution in [0.5, 0.6) is 11.5 Å². The zero-order valence-corrected chi connectivity index (χ0v) is 15.8. The largest absolute Gasteiger partial charge is 0.493 e. The average molecular weight is 358 g/mol. The summed E-state index contributed by atoms with van der Waals surface area (Å²) >= 11 is 0. The first-order valence-corrected chi connectivity index (χ1v) is 9.00. The molecule has 1 atom stereocenters. The van der Waals surface area contributed by atoms with Crippen molar-refractivity contribution >= 4 is 5.91 Å². The highest BCUT2D eigenvalue weighted by molar-refractivity contribution is 5.79. The molecule has 0 aliphatic carbocycles. The average Bonchev–Trinajstić information content (AvgIpc) is 3.30. The molecule has 1 fully saturated rings. The smallest absolute Gasteiger partial charge is 0.227 e. The molecule has 0 N–H and O–H groups in total. The minimum absolute atomic E-state index is 0.00102. The van der Waals surface area contributed by atoms with E-state index >= 15 is 0 Å².